The van der Waals surface area contributed by atoms with Crippen molar-refractivity contribution in [1.82, 2.24) is 14.3 Å². The van der Waals surface area contributed by atoms with Gasteiger partial charge < -0.3 is 9.88 Å². The molecule has 0 unspecified atom stereocenters. The number of hydrogen-bond donors (Lipinski definition) is 2. The Balaban J connectivity index is 2.35. The fraction of sp³-hybridized carbons (Fsp3) is 0.267. The van der Waals surface area contributed by atoms with Crippen LogP contribution in [0.2, 0.25) is 5.02 Å². The minimum absolute atomic E-state index is 0.0318. The summed E-state index contributed by atoms with van der Waals surface area (Å²) in [4.78, 5) is 15.5. The number of sulfonamides is 1. The van der Waals surface area contributed by atoms with Crippen molar-refractivity contribution in [3.05, 3.63) is 40.9 Å². The average Bonchev–Trinajstić information content (AvgIpc) is 2.89. The molecule has 0 aromatic carbocycles. The van der Waals surface area contributed by atoms with Crippen LogP contribution >= 0.6 is 11.6 Å². The minimum atomic E-state index is -4.80. The summed E-state index contributed by atoms with van der Waals surface area (Å²) in [7, 11) is -3.34. The standard InChI is InChI=1S/C15H13ClF3N5O3S/c1-8(15(17,18)19)23-28(26,27)11-7-24(2)13(12(11)16)14(25)22-9-3-4-21-10(5-9)6-20/h3-5,7-8,23H,1-2H3,(H,21,22,25)/t8-/m1/s1. The highest BCUT2D eigenvalue weighted by molar-refractivity contribution is 7.89. The summed E-state index contributed by atoms with van der Waals surface area (Å²) in [6.45, 7) is 0.637. The molecule has 0 spiro atoms. The third-order valence-corrected chi connectivity index (χ3v) is 5.59. The first-order valence-corrected chi connectivity index (χ1v) is 9.34. The first kappa shape index (κ1) is 21.7. The van der Waals surface area contributed by atoms with Gasteiger partial charge in [0.1, 0.15) is 28.4 Å². The summed E-state index contributed by atoms with van der Waals surface area (Å²) in [6.07, 6.45) is -2.59. The van der Waals surface area contributed by atoms with Gasteiger partial charge in [0.05, 0.1) is 5.02 Å². The number of aromatic nitrogens is 2. The highest BCUT2D eigenvalue weighted by Gasteiger charge is 2.40. The molecule has 1 atom stereocenters. The second kappa shape index (κ2) is 7.78. The molecule has 2 heterocycles. The van der Waals surface area contributed by atoms with Crippen molar-refractivity contribution in [3.8, 4) is 6.07 Å². The van der Waals surface area contributed by atoms with E-state index in [9.17, 15) is 26.4 Å². The Labute approximate surface area is 163 Å². The number of nitriles is 1. The van der Waals surface area contributed by atoms with Gasteiger partial charge in [-0.3, -0.25) is 4.79 Å². The van der Waals surface area contributed by atoms with Gasteiger partial charge >= 0.3 is 6.18 Å². The highest BCUT2D eigenvalue weighted by Crippen LogP contribution is 2.29. The average molecular weight is 436 g/mol. The SMILES string of the molecule is C[C@@H](NS(=O)(=O)c1cn(C)c(C(=O)Nc2ccnc(C#N)c2)c1Cl)C(F)(F)F. The molecule has 2 aromatic rings. The molecule has 150 valence electrons. The molecule has 0 radical (unpaired) electrons. The summed E-state index contributed by atoms with van der Waals surface area (Å²) < 4.78 is 65.0. The van der Waals surface area contributed by atoms with Crippen molar-refractivity contribution in [2.75, 3.05) is 5.32 Å². The van der Waals surface area contributed by atoms with E-state index < -0.39 is 38.1 Å². The number of amides is 1. The number of halogens is 4. The zero-order chi connectivity index (χ0) is 21.3. The van der Waals surface area contributed by atoms with Gasteiger partial charge in [0.2, 0.25) is 10.0 Å². The monoisotopic (exact) mass is 435 g/mol. The van der Waals surface area contributed by atoms with E-state index in [2.05, 4.69) is 10.3 Å². The number of aryl methyl sites for hydroxylation is 1. The fourth-order valence-corrected chi connectivity index (χ4v) is 4.07. The van der Waals surface area contributed by atoms with Gasteiger partial charge in [0, 0.05) is 25.1 Å². The summed E-state index contributed by atoms with van der Waals surface area (Å²) in [5.74, 6) is -0.826. The molecule has 2 N–H and O–H groups in total. The summed E-state index contributed by atoms with van der Waals surface area (Å²) >= 11 is 5.98. The first-order chi connectivity index (χ1) is 12.9. The molecule has 0 aliphatic carbocycles. The van der Waals surface area contributed by atoms with Crippen LogP contribution in [0.25, 0.3) is 0 Å². The molecule has 0 aliphatic heterocycles. The lowest BCUT2D eigenvalue weighted by atomic mass is 10.3. The maximum atomic E-state index is 12.7. The zero-order valence-corrected chi connectivity index (χ0v) is 15.9. The van der Waals surface area contributed by atoms with E-state index in [0.29, 0.717) is 6.92 Å². The van der Waals surface area contributed by atoms with E-state index in [4.69, 9.17) is 16.9 Å². The number of rotatable bonds is 5. The number of nitrogens with one attached hydrogen (secondary N) is 2. The van der Waals surface area contributed by atoms with E-state index in [-0.39, 0.29) is 17.1 Å². The van der Waals surface area contributed by atoms with Crippen molar-refractivity contribution >= 4 is 33.2 Å². The Morgan fingerprint density at radius 2 is 2.07 bits per heavy atom. The third kappa shape index (κ3) is 4.61. The molecule has 2 aromatic heterocycles. The minimum Gasteiger partial charge on any atom is -0.344 e. The van der Waals surface area contributed by atoms with Gasteiger partial charge in [-0.25, -0.2) is 13.4 Å². The Morgan fingerprint density at radius 1 is 1.43 bits per heavy atom. The number of anilines is 1. The number of carbonyl (C=O) groups excluding carboxylic acids is 1. The number of pyridine rings is 1. The van der Waals surface area contributed by atoms with Gasteiger partial charge in [-0.05, 0) is 19.1 Å². The predicted octanol–water partition coefficient (Wildman–Crippen LogP) is 2.43. The van der Waals surface area contributed by atoms with Crippen LogP contribution in [-0.4, -0.2) is 36.1 Å². The van der Waals surface area contributed by atoms with E-state index in [0.717, 1.165) is 10.8 Å². The van der Waals surface area contributed by atoms with Crippen LogP contribution in [0.5, 0.6) is 0 Å². The van der Waals surface area contributed by atoms with Crippen LogP contribution in [-0.2, 0) is 17.1 Å². The second-order valence-corrected chi connectivity index (χ2v) is 7.71. The Morgan fingerprint density at radius 3 is 2.64 bits per heavy atom. The van der Waals surface area contributed by atoms with Crippen molar-refractivity contribution in [3.63, 3.8) is 0 Å². The maximum absolute atomic E-state index is 12.7. The van der Waals surface area contributed by atoms with Gasteiger partial charge in [0.25, 0.3) is 5.91 Å². The molecule has 0 aliphatic rings. The van der Waals surface area contributed by atoms with E-state index in [1.165, 1.54) is 30.1 Å². The number of alkyl halides is 3. The van der Waals surface area contributed by atoms with E-state index in [1.54, 1.807) is 6.07 Å². The lowest BCUT2D eigenvalue weighted by Crippen LogP contribution is -2.42. The van der Waals surface area contributed by atoms with Crippen LogP contribution in [0.3, 0.4) is 0 Å². The van der Waals surface area contributed by atoms with Crippen LogP contribution < -0.4 is 10.0 Å². The number of carbonyl (C=O) groups is 1. The summed E-state index contributed by atoms with van der Waals surface area (Å²) in [5, 5.41) is 10.7. The van der Waals surface area contributed by atoms with E-state index >= 15 is 0 Å². The molecule has 2 rings (SSSR count). The first-order valence-electron chi connectivity index (χ1n) is 7.48. The molecular formula is C15H13ClF3N5O3S. The van der Waals surface area contributed by atoms with Crippen molar-refractivity contribution in [2.45, 2.75) is 24.0 Å². The normalized spacial score (nSPS) is 13.0. The highest BCUT2D eigenvalue weighted by atomic mass is 35.5. The smallest absolute Gasteiger partial charge is 0.344 e. The van der Waals surface area contributed by atoms with Crippen molar-refractivity contribution in [2.24, 2.45) is 7.05 Å². The molecule has 0 saturated heterocycles. The summed E-state index contributed by atoms with van der Waals surface area (Å²) in [5.41, 5.74) is -0.0663. The molecule has 13 heteroatoms. The lowest BCUT2D eigenvalue weighted by molar-refractivity contribution is -0.147. The molecule has 1 amide bonds. The van der Waals surface area contributed by atoms with Crippen LogP contribution in [0.4, 0.5) is 18.9 Å². The van der Waals surface area contributed by atoms with Crippen molar-refractivity contribution in [1.29, 1.82) is 5.26 Å². The molecule has 0 bridgehead atoms. The number of hydrogen-bond acceptors (Lipinski definition) is 5. The molecule has 0 saturated carbocycles. The van der Waals surface area contributed by atoms with E-state index in [1.807, 2.05) is 0 Å². The van der Waals surface area contributed by atoms with Crippen molar-refractivity contribution < 1.29 is 26.4 Å². The summed E-state index contributed by atoms with van der Waals surface area (Å²) in [6, 6.07) is 2.10. The largest absolute Gasteiger partial charge is 0.404 e. The van der Waals surface area contributed by atoms with Crippen LogP contribution in [0.15, 0.2) is 29.4 Å². The second-order valence-electron chi connectivity index (χ2n) is 5.65. The Kier molecular flexibility index (Phi) is 6.03. The van der Waals surface area contributed by atoms with Gasteiger partial charge in [0.15, 0.2) is 0 Å². The Hall–Kier alpha value is -2.62. The molecule has 8 nitrogen and oxygen atoms in total. The predicted molar refractivity (Wildman–Crippen MR) is 93.2 cm³/mol. The third-order valence-electron chi connectivity index (χ3n) is 3.55. The topological polar surface area (TPSA) is 117 Å². The van der Waals surface area contributed by atoms with Crippen LogP contribution in [0.1, 0.15) is 23.1 Å². The fourth-order valence-electron chi connectivity index (χ4n) is 2.14. The Bertz CT molecular complexity index is 1060. The zero-order valence-electron chi connectivity index (χ0n) is 14.4. The number of nitrogens with zero attached hydrogens (tertiary/aromatic N) is 3. The molecule has 28 heavy (non-hydrogen) atoms. The van der Waals surface area contributed by atoms with Gasteiger partial charge in [-0.15, -0.1) is 0 Å². The maximum Gasteiger partial charge on any atom is 0.404 e. The molecule has 0 fully saturated rings. The quantitative estimate of drug-likeness (QED) is 0.748. The van der Waals surface area contributed by atoms with Gasteiger partial charge in [-0.2, -0.15) is 23.2 Å². The lowest BCUT2D eigenvalue weighted by Gasteiger charge is -2.16. The van der Waals surface area contributed by atoms with Gasteiger partial charge in [-0.1, -0.05) is 11.6 Å². The van der Waals surface area contributed by atoms with Crippen LogP contribution in [0, 0.1) is 11.3 Å². The molecular weight excluding hydrogens is 423 g/mol.